The standard InChI is InChI=1S/C11H16N2OS/c1-8-3-6-15-9(8)7-13-10(14)11(12)4-2-5-11/h3,6H,2,4-5,7,12H2,1H3,(H,13,14). The lowest BCUT2D eigenvalue weighted by Gasteiger charge is -2.36. The Hall–Kier alpha value is -0.870. The fraction of sp³-hybridized carbons (Fsp3) is 0.545. The minimum atomic E-state index is -0.578. The Morgan fingerprint density at radius 2 is 2.40 bits per heavy atom. The maximum Gasteiger partial charge on any atom is 0.240 e. The number of nitrogens with one attached hydrogen (secondary N) is 1. The molecule has 1 aliphatic rings. The van der Waals surface area contributed by atoms with Gasteiger partial charge in [0.25, 0.3) is 0 Å². The molecule has 0 saturated heterocycles. The smallest absolute Gasteiger partial charge is 0.240 e. The van der Waals surface area contributed by atoms with E-state index in [2.05, 4.69) is 18.3 Å². The monoisotopic (exact) mass is 224 g/mol. The first kappa shape index (κ1) is 10.6. The highest BCUT2D eigenvalue weighted by atomic mass is 32.1. The van der Waals surface area contributed by atoms with Crippen LogP contribution >= 0.6 is 11.3 Å². The number of nitrogens with two attached hydrogens (primary N) is 1. The van der Waals surface area contributed by atoms with Crippen molar-refractivity contribution in [2.45, 2.75) is 38.3 Å². The van der Waals surface area contributed by atoms with E-state index in [1.54, 1.807) is 11.3 Å². The molecule has 82 valence electrons. The van der Waals surface area contributed by atoms with Crippen molar-refractivity contribution < 1.29 is 4.79 Å². The number of carbonyl (C=O) groups is 1. The zero-order chi connectivity index (χ0) is 10.9. The number of rotatable bonds is 3. The summed E-state index contributed by atoms with van der Waals surface area (Å²) in [6.45, 7) is 2.67. The van der Waals surface area contributed by atoms with Gasteiger partial charge in [-0.3, -0.25) is 4.79 Å². The third-order valence-corrected chi connectivity index (χ3v) is 4.10. The van der Waals surface area contributed by atoms with E-state index in [0.29, 0.717) is 6.54 Å². The Morgan fingerprint density at radius 3 is 2.87 bits per heavy atom. The van der Waals surface area contributed by atoms with E-state index in [1.807, 2.05) is 5.38 Å². The molecule has 4 heteroatoms. The largest absolute Gasteiger partial charge is 0.350 e. The van der Waals surface area contributed by atoms with Crippen LogP contribution in [0.25, 0.3) is 0 Å². The molecule has 2 rings (SSSR count). The molecule has 1 heterocycles. The second kappa shape index (κ2) is 3.94. The zero-order valence-corrected chi connectivity index (χ0v) is 9.69. The van der Waals surface area contributed by atoms with E-state index < -0.39 is 5.54 Å². The average molecular weight is 224 g/mol. The van der Waals surface area contributed by atoms with Crippen molar-refractivity contribution in [1.29, 1.82) is 0 Å². The normalized spacial score (nSPS) is 18.3. The lowest BCUT2D eigenvalue weighted by Crippen LogP contribution is -2.58. The molecule has 0 bridgehead atoms. The first-order valence-corrected chi connectivity index (χ1v) is 6.10. The summed E-state index contributed by atoms with van der Waals surface area (Å²) in [6, 6.07) is 2.06. The van der Waals surface area contributed by atoms with Crippen LogP contribution in [0.5, 0.6) is 0 Å². The molecule has 1 aromatic rings. The molecular formula is C11H16N2OS. The molecule has 1 aromatic heterocycles. The van der Waals surface area contributed by atoms with Crippen molar-refractivity contribution >= 4 is 17.2 Å². The second-order valence-electron chi connectivity index (χ2n) is 4.22. The number of hydrogen-bond donors (Lipinski definition) is 2. The molecule has 1 amide bonds. The van der Waals surface area contributed by atoms with Gasteiger partial charge in [-0.05, 0) is 43.2 Å². The summed E-state index contributed by atoms with van der Waals surface area (Å²) in [6.07, 6.45) is 2.71. The first-order chi connectivity index (χ1) is 7.12. The molecule has 0 unspecified atom stereocenters. The van der Waals surface area contributed by atoms with Crippen LogP contribution in [-0.4, -0.2) is 11.4 Å². The fourth-order valence-corrected chi connectivity index (χ4v) is 2.55. The quantitative estimate of drug-likeness (QED) is 0.818. The fourth-order valence-electron chi connectivity index (χ4n) is 1.71. The van der Waals surface area contributed by atoms with Crippen LogP contribution < -0.4 is 11.1 Å². The molecule has 0 aliphatic heterocycles. The number of carbonyl (C=O) groups excluding carboxylic acids is 1. The Balaban J connectivity index is 1.88. The van der Waals surface area contributed by atoms with Crippen molar-refractivity contribution in [3.05, 3.63) is 21.9 Å². The molecule has 1 saturated carbocycles. The van der Waals surface area contributed by atoms with Crippen molar-refractivity contribution in [1.82, 2.24) is 5.32 Å². The van der Waals surface area contributed by atoms with Crippen LogP contribution in [0.3, 0.4) is 0 Å². The van der Waals surface area contributed by atoms with Gasteiger partial charge in [0.1, 0.15) is 0 Å². The van der Waals surface area contributed by atoms with Crippen molar-refractivity contribution in [2.75, 3.05) is 0 Å². The number of thiophene rings is 1. The molecule has 3 N–H and O–H groups in total. The molecule has 3 nitrogen and oxygen atoms in total. The Bertz CT molecular complexity index is 368. The topological polar surface area (TPSA) is 55.1 Å². The maximum absolute atomic E-state index is 11.7. The van der Waals surface area contributed by atoms with E-state index >= 15 is 0 Å². The van der Waals surface area contributed by atoms with Crippen molar-refractivity contribution in [3.63, 3.8) is 0 Å². The van der Waals surface area contributed by atoms with Crippen molar-refractivity contribution in [3.8, 4) is 0 Å². The van der Waals surface area contributed by atoms with Gasteiger partial charge in [0, 0.05) is 4.88 Å². The zero-order valence-electron chi connectivity index (χ0n) is 8.88. The number of aryl methyl sites for hydroxylation is 1. The molecule has 1 aliphatic carbocycles. The summed E-state index contributed by atoms with van der Waals surface area (Å²) in [5, 5.41) is 4.95. The van der Waals surface area contributed by atoms with Gasteiger partial charge < -0.3 is 11.1 Å². The predicted molar refractivity (Wildman–Crippen MR) is 61.7 cm³/mol. The van der Waals surface area contributed by atoms with Gasteiger partial charge in [-0.15, -0.1) is 11.3 Å². The molecule has 0 aromatic carbocycles. The molecule has 0 atom stereocenters. The molecule has 15 heavy (non-hydrogen) atoms. The van der Waals surface area contributed by atoms with Crippen LogP contribution in [0, 0.1) is 6.92 Å². The summed E-state index contributed by atoms with van der Waals surface area (Å²) >= 11 is 1.67. The Morgan fingerprint density at radius 1 is 1.67 bits per heavy atom. The van der Waals surface area contributed by atoms with Gasteiger partial charge in [-0.2, -0.15) is 0 Å². The van der Waals surface area contributed by atoms with Gasteiger partial charge in [0.05, 0.1) is 12.1 Å². The van der Waals surface area contributed by atoms with Gasteiger partial charge in [-0.1, -0.05) is 0 Å². The Kier molecular flexibility index (Phi) is 2.80. The molecule has 0 radical (unpaired) electrons. The SMILES string of the molecule is Cc1ccsc1CNC(=O)C1(N)CCC1. The average Bonchev–Trinajstić information content (AvgIpc) is 2.56. The van der Waals surface area contributed by atoms with E-state index in [0.717, 1.165) is 19.3 Å². The van der Waals surface area contributed by atoms with E-state index in [1.165, 1.54) is 10.4 Å². The van der Waals surface area contributed by atoms with E-state index in [-0.39, 0.29) is 5.91 Å². The van der Waals surface area contributed by atoms with Crippen LogP contribution in [-0.2, 0) is 11.3 Å². The number of amides is 1. The van der Waals surface area contributed by atoms with Gasteiger partial charge in [0.2, 0.25) is 5.91 Å². The minimum Gasteiger partial charge on any atom is -0.350 e. The van der Waals surface area contributed by atoms with Gasteiger partial charge in [0.15, 0.2) is 0 Å². The molecular weight excluding hydrogens is 208 g/mol. The summed E-state index contributed by atoms with van der Waals surface area (Å²) in [4.78, 5) is 12.9. The second-order valence-corrected chi connectivity index (χ2v) is 5.22. The third kappa shape index (κ3) is 2.06. The van der Waals surface area contributed by atoms with Crippen LogP contribution in [0.15, 0.2) is 11.4 Å². The van der Waals surface area contributed by atoms with Crippen LogP contribution in [0.4, 0.5) is 0 Å². The van der Waals surface area contributed by atoms with Crippen molar-refractivity contribution in [2.24, 2.45) is 5.73 Å². The number of hydrogen-bond acceptors (Lipinski definition) is 3. The summed E-state index contributed by atoms with van der Waals surface area (Å²) in [5.41, 5.74) is 6.57. The van der Waals surface area contributed by atoms with Gasteiger partial charge >= 0.3 is 0 Å². The van der Waals surface area contributed by atoms with Crippen LogP contribution in [0.2, 0.25) is 0 Å². The summed E-state index contributed by atoms with van der Waals surface area (Å²) in [7, 11) is 0. The van der Waals surface area contributed by atoms with Gasteiger partial charge in [-0.25, -0.2) is 0 Å². The highest BCUT2D eigenvalue weighted by Crippen LogP contribution is 2.29. The van der Waals surface area contributed by atoms with E-state index in [9.17, 15) is 4.79 Å². The molecule has 0 spiro atoms. The molecule has 1 fully saturated rings. The predicted octanol–water partition coefficient (Wildman–Crippen LogP) is 1.55. The minimum absolute atomic E-state index is 0.00144. The summed E-state index contributed by atoms with van der Waals surface area (Å²) in [5.74, 6) is 0.00144. The highest BCUT2D eigenvalue weighted by Gasteiger charge is 2.39. The maximum atomic E-state index is 11.7. The first-order valence-electron chi connectivity index (χ1n) is 5.22. The Labute approximate surface area is 93.7 Å². The summed E-state index contributed by atoms with van der Waals surface area (Å²) < 4.78 is 0. The third-order valence-electron chi connectivity index (χ3n) is 3.08. The lowest BCUT2D eigenvalue weighted by atomic mass is 9.77. The van der Waals surface area contributed by atoms with E-state index in [4.69, 9.17) is 5.73 Å². The van der Waals surface area contributed by atoms with Crippen LogP contribution in [0.1, 0.15) is 29.7 Å². The lowest BCUT2D eigenvalue weighted by molar-refractivity contribution is -0.129. The highest BCUT2D eigenvalue weighted by molar-refractivity contribution is 7.10.